The normalized spacial score (nSPS) is 17.5. The maximum atomic E-state index is 13.3. The van der Waals surface area contributed by atoms with Gasteiger partial charge in [-0.1, -0.05) is 0 Å². The van der Waals surface area contributed by atoms with Crippen molar-refractivity contribution in [2.24, 2.45) is 9.98 Å². The Morgan fingerprint density at radius 1 is 0.679 bits per heavy atom. The molecule has 0 fully saturated rings. The molecule has 5 heterocycles. The lowest BCUT2D eigenvalue weighted by Gasteiger charge is -2.19. The topological polar surface area (TPSA) is 172 Å². The zero-order valence-electron chi connectivity index (χ0n) is 34.3. The summed E-state index contributed by atoms with van der Waals surface area (Å²) in [5.74, 6) is -1.60. The lowest BCUT2D eigenvalue weighted by Crippen LogP contribution is -2.30. The van der Waals surface area contributed by atoms with Gasteiger partial charge in [-0.15, -0.1) is 0 Å². The van der Waals surface area contributed by atoms with Crippen LogP contribution in [-0.4, -0.2) is 97.4 Å². The maximum Gasteiger partial charge on any atom is 0.303 e. The van der Waals surface area contributed by atoms with Crippen LogP contribution < -0.4 is 10.7 Å². The molecule has 1 unspecified atom stereocenters. The van der Waals surface area contributed by atoms with E-state index in [-0.39, 0.29) is 30.7 Å². The number of H-pyrrole nitrogens is 2. The molecule has 0 aliphatic carbocycles. The monoisotopic (exact) mass is 766 g/mol. The van der Waals surface area contributed by atoms with Crippen LogP contribution in [0.5, 0.6) is 0 Å². The Labute approximate surface area is 329 Å². The molecule has 0 saturated carbocycles. The van der Waals surface area contributed by atoms with Crippen molar-refractivity contribution >= 4 is 47.3 Å². The van der Waals surface area contributed by atoms with Crippen LogP contribution in [0.1, 0.15) is 114 Å². The number of aliphatic imine (C=N–C) groups is 2. The highest BCUT2D eigenvalue weighted by Crippen LogP contribution is 2.35. The quantitative estimate of drug-likeness (QED) is 0.182. The molecular formula is C44H58N6O6. The van der Waals surface area contributed by atoms with Crippen LogP contribution in [0.2, 0.25) is 0 Å². The summed E-state index contributed by atoms with van der Waals surface area (Å²) in [6.07, 6.45) is 8.79. The molecule has 12 nitrogen and oxygen atoms in total. The lowest BCUT2D eigenvalue weighted by atomic mass is 9.94. The maximum absolute atomic E-state index is 13.3. The van der Waals surface area contributed by atoms with Crippen molar-refractivity contribution in [2.45, 2.75) is 119 Å². The molecule has 0 aromatic carbocycles. The van der Waals surface area contributed by atoms with E-state index in [0.29, 0.717) is 76.8 Å². The number of amides is 2. The minimum Gasteiger partial charge on any atom is -0.481 e. The summed E-state index contributed by atoms with van der Waals surface area (Å²) >= 11 is 0. The van der Waals surface area contributed by atoms with Gasteiger partial charge in [-0.2, -0.15) is 0 Å². The number of carbonyl (C=O) groups is 4. The first-order chi connectivity index (χ1) is 26.7. The van der Waals surface area contributed by atoms with Crippen LogP contribution in [0, 0.1) is 13.8 Å². The summed E-state index contributed by atoms with van der Waals surface area (Å²) < 4.78 is 0. The Morgan fingerprint density at radius 2 is 1.25 bits per heavy atom. The zero-order valence-corrected chi connectivity index (χ0v) is 34.3. The van der Waals surface area contributed by atoms with Crippen LogP contribution in [0.4, 0.5) is 0 Å². The summed E-state index contributed by atoms with van der Waals surface area (Å²) in [6.45, 7) is 18.6. The molecule has 56 heavy (non-hydrogen) atoms. The molecule has 300 valence electrons. The second-order valence-corrected chi connectivity index (χ2v) is 14.9. The van der Waals surface area contributed by atoms with E-state index in [9.17, 15) is 29.4 Å². The van der Waals surface area contributed by atoms with Gasteiger partial charge in [0.1, 0.15) is 0 Å². The molecule has 3 aliphatic rings. The molecule has 1 atom stereocenters. The fourth-order valence-corrected chi connectivity index (χ4v) is 8.23. The summed E-state index contributed by atoms with van der Waals surface area (Å²) in [5, 5.41) is 20.9. The van der Waals surface area contributed by atoms with Gasteiger partial charge in [0, 0.05) is 80.4 Å². The standard InChI is InChI=1S/C44H58N6O6/c1-9-49(10-2)41(51)17-13-29-25(5)33-21-34-27(7)31(15-19-43(53)54)37(45-34)23-36-28(8)32(16-20-44(55)56)38(47-36)22-35-26(6)30(40(48-35)24-39(29)46-33)14-18-42(52)50(11-3)12-4/h22-24,33,45,47H,9-21H2,1-8H3,(H,53,54)(H,55,56)/b36-23-,38-22-,40-24?. The van der Waals surface area contributed by atoms with E-state index in [1.54, 1.807) is 0 Å². The zero-order chi connectivity index (χ0) is 40.8. The Morgan fingerprint density at radius 3 is 1.82 bits per heavy atom. The number of nitrogens with zero attached hydrogens (tertiary/aromatic N) is 4. The number of carboxylic acids is 2. The predicted molar refractivity (Wildman–Crippen MR) is 220 cm³/mol. The van der Waals surface area contributed by atoms with E-state index >= 15 is 0 Å². The Bertz CT molecular complexity index is 2180. The number of fused-ring (bicyclic) bond motifs is 6. The highest BCUT2D eigenvalue weighted by atomic mass is 16.4. The first-order valence-electron chi connectivity index (χ1n) is 20.1. The number of allylic oxidation sites excluding steroid dienone is 4. The lowest BCUT2D eigenvalue weighted by molar-refractivity contribution is -0.138. The van der Waals surface area contributed by atoms with Gasteiger partial charge in [0.15, 0.2) is 0 Å². The van der Waals surface area contributed by atoms with Crippen molar-refractivity contribution in [3.8, 4) is 0 Å². The van der Waals surface area contributed by atoms with Crippen LogP contribution in [0.15, 0.2) is 44.1 Å². The van der Waals surface area contributed by atoms with Gasteiger partial charge in [-0.25, -0.2) is 4.99 Å². The molecule has 4 N–H and O–H groups in total. The summed E-state index contributed by atoms with van der Waals surface area (Å²) in [7, 11) is 0. The van der Waals surface area contributed by atoms with Gasteiger partial charge in [-0.05, 0) is 144 Å². The van der Waals surface area contributed by atoms with Crippen molar-refractivity contribution in [1.82, 2.24) is 19.8 Å². The second-order valence-electron chi connectivity index (χ2n) is 14.9. The third kappa shape index (κ3) is 9.06. The third-order valence-electron chi connectivity index (χ3n) is 11.8. The average Bonchev–Trinajstić information content (AvgIpc) is 3.81. The van der Waals surface area contributed by atoms with Crippen LogP contribution in [0.3, 0.4) is 0 Å². The molecule has 0 radical (unpaired) electrons. The Kier molecular flexibility index (Phi) is 13.6. The number of carbonyl (C=O) groups excluding carboxylic acids is 2. The van der Waals surface area contributed by atoms with E-state index < -0.39 is 11.9 Å². The molecule has 8 bridgehead atoms. The van der Waals surface area contributed by atoms with Gasteiger partial charge in [-0.3, -0.25) is 24.2 Å². The average molecular weight is 767 g/mol. The van der Waals surface area contributed by atoms with E-state index in [2.05, 4.69) is 16.9 Å². The first-order valence-corrected chi connectivity index (χ1v) is 20.1. The molecular weight excluding hydrogens is 709 g/mol. The van der Waals surface area contributed by atoms with Crippen molar-refractivity contribution in [1.29, 1.82) is 0 Å². The van der Waals surface area contributed by atoms with E-state index in [1.165, 1.54) is 0 Å². The Balaban J connectivity index is 1.74. The SMILES string of the molecule is CCN(CC)C(=O)CCC1=C(C)C2=NC1=CC1=NC(Cc3[nH]c(c(CCC(=O)O)c3C)/C=c3\[nH]/c(c(CCC(=O)O)c3C)=C\2)C(C)=C1CCC(=O)N(CC)CC. The number of aromatic nitrogens is 2. The fraction of sp³-hybridized carbons (Fsp3) is 0.500. The molecule has 0 saturated heterocycles. The van der Waals surface area contributed by atoms with Crippen LogP contribution in [-0.2, 0) is 38.4 Å². The van der Waals surface area contributed by atoms with Gasteiger partial charge < -0.3 is 30.0 Å². The summed E-state index contributed by atoms with van der Waals surface area (Å²) in [4.78, 5) is 71.4. The summed E-state index contributed by atoms with van der Waals surface area (Å²) in [6, 6.07) is -0.221. The highest BCUT2D eigenvalue weighted by Gasteiger charge is 2.30. The first kappa shape index (κ1) is 41.9. The molecule has 5 rings (SSSR count). The van der Waals surface area contributed by atoms with Gasteiger partial charge in [0.05, 0.1) is 23.2 Å². The number of hydrogen-bond acceptors (Lipinski definition) is 6. The smallest absolute Gasteiger partial charge is 0.303 e. The molecule has 12 heteroatoms. The molecule has 0 spiro atoms. The van der Waals surface area contributed by atoms with Crippen molar-refractivity contribution < 1.29 is 29.4 Å². The highest BCUT2D eigenvalue weighted by molar-refractivity contribution is 6.24. The van der Waals surface area contributed by atoms with Crippen molar-refractivity contribution in [3.05, 3.63) is 78.4 Å². The van der Waals surface area contributed by atoms with Crippen molar-refractivity contribution in [3.63, 3.8) is 0 Å². The van der Waals surface area contributed by atoms with Gasteiger partial charge in [0.25, 0.3) is 0 Å². The molecule has 2 aromatic heterocycles. The van der Waals surface area contributed by atoms with Gasteiger partial charge >= 0.3 is 11.9 Å². The van der Waals surface area contributed by atoms with Crippen molar-refractivity contribution in [2.75, 3.05) is 26.2 Å². The number of nitrogens with one attached hydrogen (secondary N) is 2. The van der Waals surface area contributed by atoms with Crippen LogP contribution >= 0.6 is 0 Å². The number of hydrogen-bond donors (Lipinski definition) is 4. The van der Waals surface area contributed by atoms with Gasteiger partial charge in [0.2, 0.25) is 11.8 Å². The minimum atomic E-state index is -0.894. The fourth-order valence-electron chi connectivity index (χ4n) is 8.23. The largest absolute Gasteiger partial charge is 0.481 e. The predicted octanol–water partition coefficient (Wildman–Crippen LogP) is 5.25. The van der Waals surface area contributed by atoms with E-state index in [4.69, 9.17) is 9.98 Å². The second kappa shape index (κ2) is 18.1. The number of rotatable bonds is 16. The minimum absolute atomic E-state index is 0.0250. The van der Waals surface area contributed by atoms with E-state index in [1.807, 2.05) is 76.5 Å². The molecule has 3 aliphatic heterocycles. The molecule has 2 amide bonds. The van der Waals surface area contributed by atoms with E-state index in [0.717, 1.165) is 78.0 Å². The summed E-state index contributed by atoms with van der Waals surface area (Å²) in [5.41, 5.74) is 11.6. The third-order valence-corrected chi connectivity index (χ3v) is 11.8. The number of aromatic amines is 2. The molecule has 2 aromatic rings. The van der Waals surface area contributed by atoms with Crippen LogP contribution in [0.25, 0.3) is 12.2 Å². The Hall–Kier alpha value is -5.26. The number of aliphatic carboxylic acids is 2. The number of carboxylic acid groups (broad SMARTS) is 2.